The second-order valence-corrected chi connectivity index (χ2v) is 5.76. The Morgan fingerprint density at radius 2 is 2.08 bits per heavy atom. The zero-order chi connectivity index (χ0) is 10.1. The van der Waals surface area contributed by atoms with Crippen LogP contribution in [0.3, 0.4) is 0 Å². The Morgan fingerprint density at radius 1 is 1.46 bits per heavy atom. The zero-order valence-corrected chi connectivity index (χ0v) is 10.4. The summed E-state index contributed by atoms with van der Waals surface area (Å²) < 4.78 is 2.33. The fraction of sp³-hybridized carbons (Fsp3) is 0.818. The van der Waals surface area contributed by atoms with Crippen molar-refractivity contribution in [3.63, 3.8) is 0 Å². The third-order valence-corrected chi connectivity index (χ3v) is 3.50. The first kappa shape index (κ1) is 11.2. The van der Waals surface area contributed by atoms with Gasteiger partial charge in [0.15, 0.2) is 0 Å². The highest BCUT2D eigenvalue weighted by atomic mass is 31.0. The molecule has 0 N–H and O–H groups in total. The fourth-order valence-corrected chi connectivity index (χ4v) is 2.60. The molecule has 0 amide bonds. The number of hydrogen-bond donors (Lipinski definition) is 0. The van der Waals surface area contributed by atoms with E-state index in [0.29, 0.717) is 5.41 Å². The third-order valence-electron chi connectivity index (χ3n) is 3.08. The van der Waals surface area contributed by atoms with Gasteiger partial charge in [-0.15, -0.1) is 0 Å². The van der Waals surface area contributed by atoms with E-state index in [2.05, 4.69) is 53.9 Å². The van der Waals surface area contributed by atoms with Gasteiger partial charge in [0.1, 0.15) is 0 Å². The first-order valence-corrected chi connectivity index (χ1v) is 5.62. The lowest BCUT2D eigenvalue weighted by molar-refractivity contribution is 0.188. The molecule has 1 rings (SSSR count). The summed E-state index contributed by atoms with van der Waals surface area (Å²) in [5, 5.41) is 0. The summed E-state index contributed by atoms with van der Waals surface area (Å²) in [7, 11) is 2.82. The molecule has 0 aromatic rings. The standard InChI is InChI=1S/C11H22NP/c1-9(2)10-8-12(13)7-5-6-11(10,3)4/h5-6,9-10H,7-8,13H2,1-4H3. The van der Waals surface area contributed by atoms with Crippen molar-refractivity contribution < 1.29 is 0 Å². The SMILES string of the molecule is CC(C)C1CN(P)CC=CC1(C)C. The summed E-state index contributed by atoms with van der Waals surface area (Å²) in [5.74, 6) is 1.50. The topological polar surface area (TPSA) is 3.24 Å². The highest BCUT2D eigenvalue weighted by molar-refractivity contribution is 7.13. The van der Waals surface area contributed by atoms with Crippen molar-refractivity contribution in [2.24, 2.45) is 17.3 Å². The molecule has 1 aliphatic heterocycles. The third kappa shape index (κ3) is 2.79. The second kappa shape index (κ2) is 4.11. The summed E-state index contributed by atoms with van der Waals surface area (Å²) in [4.78, 5) is 0. The van der Waals surface area contributed by atoms with Gasteiger partial charge in [0.05, 0.1) is 0 Å². The van der Waals surface area contributed by atoms with Crippen LogP contribution in [-0.4, -0.2) is 17.8 Å². The van der Waals surface area contributed by atoms with E-state index in [0.717, 1.165) is 18.4 Å². The van der Waals surface area contributed by atoms with E-state index >= 15 is 0 Å². The van der Waals surface area contributed by atoms with Gasteiger partial charge in [-0.2, -0.15) is 0 Å². The van der Waals surface area contributed by atoms with E-state index in [1.54, 1.807) is 0 Å². The summed E-state index contributed by atoms with van der Waals surface area (Å²) >= 11 is 0. The Bertz CT molecular complexity index is 196. The van der Waals surface area contributed by atoms with Crippen LogP contribution in [0.4, 0.5) is 0 Å². The molecule has 0 spiro atoms. The molecule has 76 valence electrons. The highest BCUT2D eigenvalue weighted by Gasteiger charge is 2.31. The lowest BCUT2D eigenvalue weighted by Crippen LogP contribution is -2.32. The molecule has 0 aliphatic carbocycles. The van der Waals surface area contributed by atoms with Crippen LogP contribution in [0.1, 0.15) is 27.7 Å². The van der Waals surface area contributed by atoms with Crippen LogP contribution in [0.15, 0.2) is 12.2 Å². The van der Waals surface area contributed by atoms with E-state index in [1.165, 1.54) is 6.54 Å². The average molecular weight is 199 g/mol. The Hall–Kier alpha value is 0.130. The second-order valence-electron chi connectivity index (χ2n) is 5.03. The van der Waals surface area contributed by atoms with Gasteiger partial charge >= 0.3 is 0 Å². The van der Waals surface area contributed by atoms with Gasteiger partial charge in [0.25, 0.3) is 0 Å². The molecule has 0 bridgehead atoms. The van der Waals surface area contributed by atoms with Crippen molar-refractivity contribution in [3.05, 3.63) is 12.2 Å². The lowest BCUT2D eigenvalue weighted by Gasteiger charge is -2.35. The Morgan fingerprint density at radius 3 is 2.62 bits per heavy atom. The maximum absolute atomic E-state index is 2.82. The van der Waals surface area contributed by atoms with Crippen LogP contribution in [0.5, 0.6) is 0 Å². The monoisotopic (exact) mass is 199 g/mol. The molecule has 1 aliphatic rings. The Balaban J connectivity index is 2.82. The van der Waals surface area contributed by atoms with Crippen molar-refractivity contribution in [1.82, 2.24) is 4.67 Å². The molecule has 0 radical (unpaired) electrons. The molecule has 0 saturated carbocycles. The van der Waals surface area contributed by atoms with E-state index in [-0.39, 0.29) is 0 Å². The number of allylic oxidation sites excluding steroid dienone is 1. The Kier molecular flexibility index (Phi) is 3.54. The normalized spacial score (nSPS) is 29.2. The van der Waals surface area contributed by atoms with Crippen LogP contribution < -0.4 is 0 Å². The van der Waals surface area contributed by atoms with Gasteiger partial charge in [-0.05, 0) is 17.3 Å². The van der Waals surface area contributed by atoms with Crippen molar-refractivity contribution in [2.75, 3.05) is 13.1 Å². The number of nitrogens with zero attached hydrogens (tertiary/aromatic N) is 1. The smallest absolute Gasteiger partial charge is 0.0197 e. The molecule has 1 heterocycles. The lowest BCUT2D eigenvalue weighted by atomic mass is 9.73. The van der Waals surface area contributed by atoms with Crippen LogP contribution >= 0.6 is 9.39 Å². The van der Waals surface area contributed by atoms with Crippen LogP contribution in [-0.2, 0) is 0 Å². The molecular weight excluding hydrogens is 177 g/mol. The van der Waals surface area contributed by atoms with Gasteiger partial charge in [-0.3, -0.25) is 4.67 Å². The minimum absolute atomic E-state index is 0.347. The molecule has 13 heavy (non-hydrogen) atoms. The van der Waals surface area contributed by atoms with E-state index < -0.39 is 0 Å². The van der Waals surface area contributed by atoms with Gasteiger partial charge in [0.2, 0.25) is 0 Å². The minimum atomic E-state index is 0.347. The molecule has 0 fully saturated rings. The maximum Gasteiger partial charge on any atom is 0.0197 e. The largest absolute Gasteiger partial charge is 0.283 e. The maximum atomic E-state index is 2.82. The molecule has 0 saturated heterocycles. The molecular formula is C11H22NP. The van der Waals surface area contributed by atoms with Crippen molar-refractivity contribution in [1.29, 1.82) is 0 Å². The number of rotatable bonds is 1. The van der Waals surface area contributed by atoms with Crippen LogP contribution in [0.2, 0.25) is 0 Å². The van der Waals surface area contributed by atoms with Gasteiger partial charge in [0, 0.05) is 13.1 Å². The molecule has 0 aromatic heterocycles. The molecule has 1 nitrogen and oxygen atoms in total. The molecule has 2 heteroatoms. The quantitative estimate of drug-likeness (QED) is 0.463. The first-order valence-electron chi connectivity index (χ1n) is 5.11. The van der Waals surface area contributed by atoms with Gasteiger partial charge in [-0.1, -0.05) is 49.2 Å². The van der Waals surface area contributed by atoms with Crippen molar-refractivity contribution >= 4 is 9.39 Å². The zero-order valence-electron chi connectivity index (χ0n) is 9.25. The summed E-state index contributed by atoms with van der Waals surface area (Å²) in [6.07, 6.45) is 4.66. The first-order chi connectivity index (χ1) is 5.93. The summed E-state index contributed by atoms with van der Waals surface area (Å²) in [6.45, 7) is 11.6. The van der Waals surface area contributed by atoms with Crippen molar-refractivity contribution in [3.8, 4) is 0 Å². The molecule has 2 unspecified atom stereocenters. The van der Waals surface area contributed by atoms with Crippen molar-refractivity contribution in [2.45, 2.75) is 27.7 Å². The van der Waals surface area contributed by atoms with E-state index in [4.69, 9.17) is 0 Å². The average Bonchev–Trinajstić information content (AvgIpc) is 2.10. The fourth-order valence-electron chi connectivity index (χ4n) is 2.25. The van der Waals surface area contributed by atoms with Crippen LogP contribution in [0.25, 0.3) is 0 Å². The van der Waals surface area contributed by atoms with E-state index in [1.807, 2.05) is 0 Å². The van der Waals surface area contributed by atoms with Gasteiger partial charge in [-0.25, -0.2) is 0 Å². The van der Waals surface area contributed by atoms with E-state index in [9.17, 15) is 0 Å². The predicted molar refractivity (Wildman–Crippen MR) is 62.5 cm³/mol. The summed E-state index contributed by atoms with van der Waals surface area (Å²) in [5.41, 5.74) is 0.347. The Labute approximate surface area is 84.8 Å². The van der Waals surface area contributed by atoms with Gasteiger partial charge < -0.3 is 0 Å². The predicted octanol–water partition coefficient (Wildman–Crippen LogP) is 2.95. The number of hydrogen-bond acceptors (Lipinski definition) is 1. The highest BCUT2D eigenvalue weighted by Crippen LogP contribution is 2.36. The van der Waals surface area contributed by atoms with Crippen LogP contribution in [0, 0.1) is 17.3 Å². The molecule has 0 aromatic carbocycles. The summed E-state index contributed by atoms with van der Waals surface area (Å²) in [6, 6.07) is 0. The molecule has 2 atom stereocenters. The minimum Gasteiger partial charge on any atom is -0.283 e.